The van der Waals surface area contributed by atoms with Crippen LogP contribution in [0.3, 0.4) is 0 Å². The number of rotatable bonds is 6. The van der Waals surface area contributed by atoms with Crippen LogP contribution in [0.1, 0.15) is 37.8 Å². The number of phenols is 1. The number of ether oxygens (including phenoxy) is 1. The number of nitrogens with one attached hydrogen (secondary N) is 1. The van der Waals surface area contributed by atoms with Gasteiger partial charge in [-0.15, -0.1) is 0 Å². The molecule has 1 atom stereocenters. The maximum Gasteiger partial charge on any atom is 0.160 e. The SMILES string of the molecule is COc1cc(C(C)NCCN2CCCCC2)ccc1O. The number of nitrogens with zero attached hydrogens (tertiary/aromatic N) is 1. The molecule has 1 aromatic rings. The van der Waals surface area contributed by atoms with Crippen LogP contribution in [0.2, 0.25) is 0 Å². The molecule has 0 amide bonds. The molecule has 1 unspecified atom stereocenters. The summed E-state index contributed by atoms with van der Waals surface area (Å²) in [5, 5.41) is 13.1. The van der Waals surface area contributed by atoms with Crippen molar-refractivity contribution < 1.29 is 9.84 Å². The van der Waals surface area contributed by atoms with Crippen molar-refractivity contribution in [2.45, 2.75) is 32.2 Å². The Morgan fingerprint density at radius 1 is 1.30 bits per heavy atom. The minimum absolute atomic E-state index is 0.191. The number of aromatic hydroxyl groups is 1. The molecule has 112 valence electrons. The summed E-state index contributed by atoms with van der Waals surface area (Å²) in [6, 6.07) is 5.79. The van der Waals surface area contributed by atoms with Gasteiger partial charge < -0.3 is 20.1 Å². The maximum atomic E-state index is 9.61. The van der Waals surface area contributed by atoms with Crippen molar-refractivity contribution in [1.29, 1.82) is 0 Å². The highest BCUT2D eigenvalue weighted by molar-refractivity contribution is 5.42. The molecule has 0 saturated carbocycles. The fourth-order valence-corrected chi connectivity index (χ4v) is 2.70. The van der Waals surface area contributed by atoms with Gasteiger partial charge in [-0.05, 0) is 50.6 Å². The summed E-state index contributed by atoms with van der Waals surface area (Å²) < 4.78 is 5.15. The first kappa shape index (κ1) is 15.1. The lowest BCUT2D eigenvalue weighted by molar-refractivity contribution is 0.227. The van der Waals surface area contributed by atoms with Crippen molar-refractivity contribution in [2.75, 3.05) is 33.3 Å². The van der Waals surface area contributed by atoms with Crippen LogP contribution in [0.4, 0.5) is 0 Å². The summed E-state index contributed by atoms with van der Waals surface area (Å²) in [5.74, 6) is 0.726. The first-order chi connectivity index (χ1) is 9.70. The van der Waals surface area contributed by atoms with E-state index in [2.05, 4.69) is 17.1 Å². The van der Waals surface area contributed by atoms with E-state index >= 15 is 0 Å². The maximum absolute atomic E-state index is 9.61. The smallest absolute Gasteiger partial charge is 0.160 e. The van der Waals surface area contributed by atoms with E-state index in [1.165, 1.54) is 32.4 Å². The summed E-state index contributed by atoms with van der Waals surface area (Å²) in [6.07, 6.45) is 4.06. The molecule has 1 heterocycles. The van der Waals surface area contributed by atoms with E-state index in [1.807, 2.05) is 12.1 Å². The lowest BCUT2D eigenvalue weighted by atomic mass is 10.1. The largest absolute Gasteiger partial charge is 0.504 e. The molecule has 4 heteroatoms. The Kier molecular flexibility index (Phi) is 5.68. The number of hydrogen-bond donors (Lipinski definition) is 2. The Bertz CT molecular complexity index is 417. The minimum atomic E-state index is 0.191. The molecular weight excluding hydrogens is 252 g/mol. The van der Waals surface area contributed by atoms with Gasteiger partial charge in [0.25, 0.3) is 0 Å². The highest BCUT2D eigenvalue weighted by Gasteiger charge is 2.11. The number of methoxy groups -OCH3 is 1. The second-order valence-corrected chi connectivity index (χ2v) is 5.51. The van der Waals surface area contributed by atoms with E-state index in [-0.39, 0.29) is 11.8 Å². The third-order valence-electron chi connectivity index (χ3n) is 4.03. The minimum Gasteiger partial charge on any atom is -0.504 e. The monoisotopic (exact) mass is 278 g/mol. The molecule has 0 radical (unpaired) electrons. The second kappa shape index (κ2) is 7.50. The summed E-state index contributed by atoms with van der Waals surface area (Å²) >= 11 is 0. The first-order valence-electron chi connectivity index (χ1n) is 7.53. The van der Waals surface area contributed by atoms with Crippen molar-refractivity contribution in [3.8, 4) is 11.5 Å². The van der Waals surface area contributed by atoms with Gasteiger partial charge in [-0.2, -0.15) is 0 Å². The first-order valence-corrected chi connectivity index (χ1v) is 7.53. The third kappa shape index (κ3) is 4.12. The van der Waals surface area contributed by atoms with Gasteiger partial charge in [0.15, 0.2) is 11.5 Å². The van der Waals surface area contributed by atoms with E-state index < -0.39 is 0 Å². The van der Waals surface area contributed by atoms with Crippen LogP contribution in [0.15, 0.2) is 18.2 Å². The average molecular weight is 278 g/mol. The number of hydrogen-bond acceptors (Lipinski definition) is 4. The molecule has 0 aromatic heterocycles. The van der Waals surface area contributed by atoms with Gasteiger partial charge in [0, 0.05) is 19.1 Å². The van der Waals surface area contributed by atoms with Crippen molar-refractivity contribution in [1.82, 2.24) is 10.2 Å². The van der Waals surface area contributed by atoms with Gasteiger partial charge >= 0.3 is 0 Å². The molecule has 1 aliphatic rings. The van der Waals surface area contributed by atoms with E-state index in [0.717, 1.165) is 18.7 Å². The van der Waals surface area contributed by atoms with Crippen molar-refractivity contribution in [2.24, 2.45) is 0 Å². The fraction of sp³-hybridized carbons (Fsp3) is 0.625. The van der Waals surface area contributed by atoms with Gasteiger partial charge in [0.2, 0.25) is 0 Å². The van der Waals surface area contributed by atoms with Crippen LogP contribution in [-0.2, 0) is 0 Å². The zero-order chi connectivity index (χ0) is 14.4. The zero-order valence-corrected chi connectivity index (χ0v) is 12.6. The van der Waals surface area contributed by atoms with Crippen LogP contribution in [0.25, 0.3) is 0 Å². The average Bonchev–Trinajstić information content (AvgIpc) is 2.48. The number of phenolic OH excluding ortho intramolecular Hbond substituents is 1. The van der Waals surface area contributed by atoms with E-state index in [0.29, 0.717) is 5.75 Å². The van der Waals surface area contributed by atoms with Crippen LogP contribution >= 0.6 is 0 Å². The van der Waals surface area contributed by atoms with E-state index in [9.17, 15) is 5.11 Å². The Morgan fingerprint density at radius 3 is 2.75 bits per heavy atom. The molecule has 1 aromatic carbocycles. The van der Waals surface area contributed by atoms with Crippen molar-refractivity contribution in [3.05, 3.63) is 23.8 Å². The lowest BCUT2D eigenvalue weighted by Gasteiger charge is -2.27. The highest BCUT2D eigenvalue weighted by Crippen LogP contribution is 2.28. The molecule has 20 heavy (non-hydrogen) atoms. The van der Waals surface area contributed by atoms with Crippen LogP contribution in [-0.4, -0.2) is 43.3 Å². The lowest BCUT2D eigenvalue weighted by Crippen LogP contribution is -2.36. The number of piperidine rings is 1. The molecule has 4 nitrogen and oxygen atoms in total. The molecule has 1 aliphatic heterocycles. The Hall–Kier alpha value is -1.26. The van der Waals surface area contributed by atoms with E-state index in [4.69, 9.17) is 4.74 Å². The molecule has 1 saturated heterocycles. The normalized spacial score (nSPS) is 17.9. The Labute approximate surface area is 121 Å². The quantitative estimate of drug-likeness (QED) is 0.839. The zero-order valence-electron chi connectivity index (χ0n) is 12.6. The van der Waals surface area contributed by atoms with Crippen molar-refractivity contribution in [3.63, 3.8) is 0 Å². The predicted octanol–water partition coefficient (Wildman–Crippen LogP) is 2.54. The summed E-state index contributed by atoms with van der Waals surface area (Å²) in [4.78, 5) is 2.53. The molecule has 2 N–H and O–H groups in total. The van der Waals surface area contributed by atoms with Crippen molar-refractivity contribution >= 4 is 0 Å². The molecule has 0 bridgehead atoms. The predicted molar refractivity (Wildman–Crippen MR) is 81.4 cm³/mol. The molecule has 0 spiro atoms. The van der Waals surface area contributed by atoms with Gasteiger partial charge in [-0.1, -0.05) is 12.5 Å². The topological polar surface area (TPSA) is 44.7 Å². The van der Waals surface area contributed by atoms with Gasteiger partial charge in [0.1, 0.15) is 0 Å². The summed E-state index contributed by atoms with van der Waals surface area (Å²) in [7, 11) is 1.58. The summed E-state index contributed by atoms with van der Waals surface area (Å²) in [5.41, 5.74) is 1.14. The second-order valence-electron chi connectivity index (χ2n) is 5.51. The molecule has 1 fully saturated rings. The fourth-order valence-electron chi connectivity index (χ4n) is 2.70. The standard InChI is InChI=1S/C16H26N2O2/c1-13(14-6-7-15(19)16(12-14)20-2)17-8-11-18-9-4-3-5-10-18/h6-7,12-13,17,19H,3-5,8-11H2,1-2H3. The van der Waals surface area contributed by atoms with Crippen LogP contribution < -0.4 is 10.1 Å². The summed E-state index contributed by atoms with van der Waals surface area (Å²) in [6.45, 7) is 6.72. The van der Waals surface area contributed by atoms with Gasteiger partial charge in [-0.25, -0.2) is 0 Å². The molecular formula is C16H26N2O2. The van der Waals surface area contributed by atoms with Crippen LogP contribution in [0, 0.1) is 0 Å². The number of likely N-dealkylation sites (tertiary alicyclic amines) is 1. The van der Waals surface area contributed by atoms with E-state index in [1.54, 1.807) is 13.2 Å². The van der Waals surface area contributed by atoms with Crippen LogP contribution in [0.5, 0.6) is 11.5 Å². The molecule has 2 rings (SSSR count). The third-order valence-corrected chi connectivity index (χ3v) is 4.03. The Morgan fingerprint density at radius 2 is 2.05 bits per heavy atom. The van der Waals surface area contributed by atoms with Gasteiger partial charge in [-0.3, -0.25) is 0 Å². The molecule has 0 aliphatic carbocycles. The number of benzene rings is 1. The highest BCUT2D eigenvalue weighted by atomic mass is 16.5. The Balaban J connectivity index is 1.80. The van der Waals surface area contributed by atoms with Gasteiger partial charge in [0.05, 0.1) is 7.11 Å².